The van der Waals surface area contributed by atoms with Crippen molar-refractivity contribution in [3.63, 3.8) is 0 Å². The van der Waals surface area contributed by atoms with Crippen LogP contribution in [0.25, 0.3) is 0 Å². The number of hydrogen-bond donors (Lipinski definition) is 1. The Bertz CT molecular complexity index is 288. The van der Waals surface area contributed by atoms with E-state index in [2.05, 4.69) is 20.9 Å². The molecule has 2 N–H and O–H groups in total. The van der Waals surface area contributed by atoms with E-state index in [-0.39, 0.29) is 0 Å². The molecule has 0 fully saturated rings. The second kappa shape index (κ2) is 3.87. The lowest BCUT2D eigenvalue weighted by molar-refractivity contribution is -0.117. The molecule has 1 heterocycles. The van der Waals surface area contributed by atoms with Crippen LogP contribution < -0.4 is 5.73 Å². The van der Waals surface area contributed by atoms with E-state index < -0.39 is 11.3 Å². The fourth-order valence-electron chi connectivity index (χ4n) is 0.683. The van der Waals surface area contributed by atoms with Crippen molar-refractivity contribution >= 4 is 33.4 Å². The third kappa shape index (κ3) is 2.19. The maximum atomic E-state index is 10.6. The van der Waals surface area contributed by atoms with Crippen LogP contribution in [-0.4, -0.2) is 10.9 Å². The minimum Gasteiger partial charge on any atom is -0.368 e. The number of carbonyl (C=O) groups is 1. The summed E-state index contributed by atoms with van der Waals surface area (Å²) in [5.74, 6) is -0.591. The molecule has 0 spiro atoms. The van der Waals surface area contributed by atoms with Crippen LogP contribution in [0, 0.1) is 0 Å². The van der Waals surface area contributed by atoms with Crippen LogP contribution in [0.1, 0.15) is 11.1 Å². The van der Waals surface area contributed by atoms with E-state index in [1.165, 1.54) is 0 Å². The lowest BCUT2D eigenvalue weighted by Gasteiger charge is -2.03. The van der Waals surface area contributed by atoms with Crippen LogP contribution in [0.15, 0.2) is 22.8 Å². The summed E-state index contributed by atoms with van der Waals surface area (Å²) < 4.78 is 0.833. The molecule has 0 saturated carbocycles. The van der Waals surface area contributed by atoms with Crippen molar-refractivity contribution in [1.29, 1.82) is 0 Å². The largest absolute Gasteiger partial charge is 0.368 e. The Balaban J connectivity index is 2.89. The van der Waals surface area contributed by atoms with Gasteiger partial charge in [-0.25, -0.2) is 0 Å². The number of aromatic nitrogens is 1. The highest BCUT2D eigenvalue weighted by molar-refractivity contribution is 9.10. The van der Waals surface area contributed by atoms with Crippen molar-refractivity contribution in [2.24, 2.45) is 5.73 Å². The topological polar surface area (TPSA) is 56.0 Å². The number of carbonyl (C=O) groups excluding carboxylic acids is 1. The Morgan fingerprint density at radius 3 is 2.75 bits per heavy atom. The number of amides is 1. The number of primary amides is 1. The van der Waals surface area contributed by atoms with Crippen molar-refractivity contribution in [1.82, 2.24) is 4.98 Å². The zero-order chi connectivity index (χ0) is 9.14. The van der Waals surface area contributed by atoms with Gasteiger partial charge in [0.05, 0.1) is 5.69 Å². The Morgan fingerprint density at radius 1 is 1.67 bits per heavy atom. The number of hydrogen-bond acceptors (Lipinski definition) is 2. The number of alkyl halides is 1. The minimum atomic E-state index is -0.849. The van der Waals surface area contributed by atoms with Gasteiger partial charge in [0.2, 0.25) is 5.91 Å². The van der Waals surface area contributed by atoms with Crippen molar-refractivity contribution < 1.29 is 4.79 Å². The molecule has 0 radical (unpaired) electrons. The van der Waals surface area contributed by atoms with Gasteiger partial charge in [-0.05, 0) is 28.1 Å². The summed E-state index contributed by atoms with van der Waals surface area (Å²) in [7, 11) is 0. The molecular weight excluding hydrogens is 243 g/mol. The molecule has 64 valence electrons. The van der Waals surface area contributed by atoms with E-state index in [1.807, 2.05) is 0 Å². The molecule has 1 rings (SSSR count). The first-order chi connectivity index (χ1) is 5.61. The van der Waals surface area contributed by atoms with Crippen LogP contribution in [0.2, 0.25) is 0 Å². The number of rotatable bonds is 2. The molecule has 1 aromatic heterocycles. The lowest BCUT2D eigenvalue weighted by atomic mass is 10.2. The quantitative estimate of drug-likeness (QED) is 0.810. The Morgan fingerprint density at radius 2 is 2.33 bits per heavy atom. The van der Waals surface area contributed by atoms with Gasteiger partial charge >= 0.3 is 0 Å². The van der Waals surface area contributed by atoms with Crippen molar-refractivity contribution in [2.45, 2.75) is 5.38 Å². The monoisotopic (exact) mass is 248 g/mol. The molecule has 1 aromatic rings. The van der Waals surface area contributed by atoms with Crippen LogP contribution >= 0.6 is 27.5 Å². The maximum Gasteiger partial charge on any atom is 0.241 e. The van der Waals surface area contributed by atoms with E-state index >= 15 is 0 Å². The molecule has 0 aromatic carbocycles. The van der Waals surface area contributed by atoms with Gasteiger partial charge in [0.15, 0.2) is 5.38 Å². The molecule has 0 bridgehead atoms. The van der Waals surface area contributed by atoms with Gasteiger partial charge in [-0.1, -0.05) is 0 Å². The third-order valence-electron chi connectivity index (χ3n) is 1.26. The predicted octanol–water partition coefficient (Wildman–Crippen LogP) is 1.61. The number of nitrogens with two attached hydrogens (primary N) is 1. The molecule has 0 saturated heterocycles. The summed E-state index contributed by atoms with van der Waals surface area (Å²) in [6.07, 6.45) is 1.56. The number of pyridine rings is 1. The fourth-order valence-corrected chi connectivity index (χ4v) is 1.05. The Labute approximate surface area is 83.1 Å². The number of halogens is 2. The fraction of sp³-hybridized carbons (Fsp3) is 0.143. The van der Waals surface area contributed by atoms with E-state index in [9.17, 15) is 4.79 Å². The lowest BCUT2D eigenvalue weighted by Crippen LogP contribution is -2.17. The summed E-state index contributed by atoms with van der Waals surface area (Å²) in [5.41, 5.74) is 5.45. The highest BCUT2D eigenvalue weighted by atomic mass is 79.9. The zero-order valence-corrected chi connectivity index (χ0v) is 8.34. The minimum absolute atomic E-state index is 0.465. The maximum absolute atomic E-state index is 10.6. The van der Waals surface area contributed by atoms with Gasteiger partial charge in [-0.2, -0.15) is 0 Å². The second-order valence-corrected chi connectivity index (χ2v) is 3.52. The van der Waals surface area contributed by atoms with Gasteiger partial charge in [-0.3, -0.25) is 9.78 Å². The molecule has 0 aliphatic heterocycles. The van der Waals surface area contributed by atoms with E-state index in [1.54, 1.807) is 18.3 Å². The van der Waals surface area contributed by atoms with E-state index in [0.717, 1.165) is 4.47 Å². The summed E-state index contributed by atoms with van der Waals surface area (Å²) in [6, 6.07) is 3.40. The van der Waals surface area contributed by atoms with Gasteiger partial charge in [0.25, 0.3) is 0 Å². The smallest absolute Gasteiger partial charge is 0.241 e. The van der Waals surface area contributed by atoms with E-state index in [0.29, 0.717) is 5.69 Å². The predicted molar refractivity (Wildman–Crippen MR) is 49.7 cm³/mol. The summed E-state index contributed by atoms with van der Waals surface area (Å²) in [5, 5.41) is -0.849. The first-order valence-electron chi connectivity index (χ1n) is 3.16. The molecule has 0 aliphatic rings. The average Bonchev–Trinajstić information content (AvgIpc) is 2.04. The van der Waals surface area contributed by atoms with Crippen LogP contribution in [-0.2, 0) is 4.79 Å². The first-order valence-corrected chi connectivity index (χ1v) is 4.39. The van der Waals surface area contributed by atoms with Gasteiger partial charge < -0.3 is 5.73 Å². The molecule has 12 heavy (non-hydrogen) atoms. The van der Waals surface area contributed by atoms with Crippen molar-refractivity contribution in [3.8, 4) is 0 Å². The summed E-state index contributed by atoms with van der Waals surface area (Å²) >= 11 is 8.85. The van der Waals surface area contributed by atoms with Crippen LogP contribution in [0.3, 0.4) is 0 Å². The Hall–Kier alpha value is -0.610. The van der Waals surface area contributed by atoms with Gasteiger partial charge in [-0.15, -0.1) is 11.6 Å². The highest BCUT2D eigenvalue weighted by Crippen LogP contribution is 2.18. The highest BCUT2D eigenvalue weighted by Gasteiger charge is 2.14. The molecular formula is C7H6BrClN2O. The Kier molecular flexibility index (Phi) is 3.05. The molecule has 1 unspecified atom stereocenters. The first kappa shape index (κ1) is 9.48. The van der Waals surface area contributed by atoms with Crippen molar-refractivity contribution in [2.75, 3.05) is 0 Å². The van der Waals surface area contributed by atoms with Gasteiger partial charge in [0, 0.05) is 10.7 Å². The molecule has 5 heteroatoms. The van der Waals surface area contributed by atoms with Crippen molar-refractivity contribution in [3.05, 3.63) is 28.5 Å². The summed E-state index contributed by atoms with van der Waals surface area (Å²) in [4.78, 5) is 14.5. The molecule has 3 nitrogen and oxygen atoms in total. The summed E-state index contributed by atoms with van der Waals surface area (Å²) in [6.45, 7) is 0. The van der Waals surface area contributed by atoms with Gasteiger partial charge in [0.1, 0.15) is 0 Å². The van der Waals surface area contributed by atoms with E-state index in [4.69, 9.17) is 17.3 Å². The van der Waals surface area contributed by atoms with Crippen LogP contribution in [0.4, 0.5) is 0 Å². The molecule has 0 aliphatic carbocycles. The average molecular weight is 249 g/mol. The SMILES string of the molecule is NC(=O)C(Cl)c1ccc(Br)cn1. The second-order valence-electron chi connectivity index (χ2n) is 2.17. The molecule has 1 atom stereocenters. The zero-order valence-electron chi connectivity index (χ0n) is 6.00. The standard InChI is InChI=1S/C7H6BrClN2O/c8-4-1-2-5(11-3-4)6(9)7(10)12/h1-3,6H,(H2,10,12). The third-order valence-corrected chi connectivity index (χ3v) is 2.17. The van der Waals surface area contributed by atoms with Crippen LogP contribution in [0.5, 0.6) is 0 Å². The normalized spacial score (nSPS) is 12.5. The number of nitrogens with zero attached hydrogens (tertiary/aromatic N) is 1. The molecule has 1 amide bonds.